The van der Waals surface area contributed by atoms with Crippen LogP contribution in [0.3, 0.4) is 0 Å². The average Bonchev–Trinajstić information content (AvgIpc) is 3.50. The Morgan fingerprint density at radius 3 is 2.63 bits per heavy atom. The largest absolute Gasteiger partial charge is 0.376 e. The molecule has 0 spiro atoms. The van der Waals surface area contributed by atoms with Gasteiger partial charge in [0, 0.05) is 17.9 Å². The van der Waals surface area contributed by atoms with Crippen LogP contribution in [0, 0.1) is 12.7 Å². The molecule has 0 saturated carbocycles. The number of thioether (sulfide) groups is 1. The van der Waals surface area contributed by atoms with Gasteiger partial charge >= 0.3 is 0 Å². The van der Waals surface area contributed by atoms with Crippen molar-refractivity contribution >= 4 is 29.3 Å². The maximum atomic E-state index is 13.5. The molecule has 180 valence electrons. The van der Waals surface area contributed by atoms with Crippen molar-refractivity contribution in [3.8, 4) is 11.4 Å². The van der Waals surface area contributed by atoms with Gasteiger partial charge in [-0.05, 0) is 56.2 Å². The number of nitrogens with two attached hydrogens (primary N) is 1. The number of aryl methyl sites for hydroxylation is 1. The van der Waals surface area contributed by atoms with E-state index in [1.54, 1.807) is 12.1 Å². The van der Waals surface area contributed by atoms with E-state index in [-0.39, 0.29) is 17.9 Å². The lowest BCUT2D eigenvalue weighted by atomic mass is 10.2. The first-order valence-corrected chi connectivity index (χ1v) is 12.3. The molecule has 1 fully saturated rings. The van der Waals surface area contributed by atoms with Gasteiger partial charge in [0.2, 0.25) is 11.9 Å². The minimum atomic E-state index is -0.295. The molecular weight excluding hydrogens is 467 g/mol. The van der Waals surface area contributed by atoms with Gasteiger partial charge in [0.25, 0.3) is 0 Å². The van der Waals surface area contributed by atoms with Crippen molar-refractivity contribution < 1.29 is 9.13 Å². The molecule has 0 bridgehead atoms. The number of halogens is 1. The van der Waals surface area contributed by atoms with Crippen LogP contribution in [0.25, 0.3) is 11.4 Å². The number of hydrogen-bond acceptors (Lipinski definition) is 9. The first-order chi connectivity index (χ1) is 17.0. The SMILES string of the molecule is Cc1ccc(Nc2nc(N)nc(CSc3nnc(-c4ccc(F)cc4)n3CC3CCCO3)n2)cc1. The van der Waals surface area contributed by atoms with Crippen LogP contribution in [0.5, 0.6) is 0 Å². The van der Waals surface area contributed by atoms with Gasteiger partial charge in [-0.15, -0.1) is 10.2 Å². The number of aromatic nitrogens is 6. The van der Waals surface area contributed by atoms with Gasteiger partial charge in [0.1, 0.15) is 11.6 Å². The Morgan fingerprint density at radius 2 is 1.89 bits per heavy atom. The first-order valence-electron chi connectivity index (χ1n) is 11.3. The van der Waals surface area contributed by atoms with Crippen LogP contribution in [-0.2, 0) is 17.0 Å². The van der Waals surface area contributed by atoms with Crippen molar-refractivity contribution in [1.29, 1.82) is 0 Å². The monoisotopic (exact) mass is 492 g/mol. The summed E-state index contributed by atoms with van der Waals surface area (Å²) < 4.78 is 21.3. The Bertz CT molecular complexity index is 1290. The molecule has 5 rings (SSSR count). The third kappa shape index (κ3) is 5.75. The molecule has 2 aromatic heterocycles. The molecule has 2 aromatic carbocycles. The number of benzene rings is 2. The van der Waals surface area contributed by atoms with Crippen LogP contribution in [0.1, 0.15) is 24.2 Å². The van der Waals surface area contributed by atoms with Gasteiger partial charge in [-0.25, -0.2) is 4.39 Å². The van der Waals surface area contributed by atoms with Crippen LogP contribution in [0.2, 0.25) is 0 Å². The van der Waals surface area contributed by atoms with E-state index in [1.807, 2.05) is 35.8 Å². The number of rotatable bonds is 8. The molecule has 0 aliphatic carbocycles. The Kier molecular flexibility index (Phi) is 6.87. The Morgan fingerprint density at radius 1 is 1.09 bits per heavy atom. The average molecular weight is 493 g/mol. The Hall–Kier alpha value is -3.57. The minimum absolute atomic E-state index is 0.0858. The Labute approximate surface area is 206 Å². The van der Waals surface area contributed by atoms with Crippen LogP contribution >= 0.6 is 11.8 Å². The van der Waals surface area contributed by atoms with E-state index in [0.717, 1.165) is 36.3 Å². The lowest BCUT2D eigenvalue weighted by Crippen LogP contribution is -2.16. The van der Waals surface area contributed by atoms with Gasteiger partial charge < -0.3 is 15.8 Å². The molecule has 1 aliphatic rings. The van der Waals surface area contributed by atoms with Crippen molar-refractivity contribution in [1.82, 2.24) is 29.7 Å². The number of nitrogens with one attached hydrogen (secondary N) is 1. The van der Waals surface area contributed by atoms with E-state index < -0.39 is 0 Å². The molecule has 11 heteroatoms. The fourth-order valence-corrected chi connectivity index (χ4v) is 4.62. The molecular formula is C24H25FN8OS. The second-order valence-electron chi connectivity index (χ2n) is 8.27. The highest BCUT2D eigenvalue weighted by molar-refractivity contribution is 7.98. The summed E-state index contributed by atoms with van der Waals surface area (Å²) >= 11 is 1.45. The summed E-state index contributed by atoms with van der Waals surface area (Å²) in [5, 5.41) is 12.7. The fourth-order valence-electron chi connectivity index (χ4n) is 3.82. The third-order valence-corrected chi connectivity index (χ3v) is 6.53. The lowest BCUT2D eigenvalue weighted by Gasteiger charge is -2.14. The lowest BCUT2D eigenvalue weighted by molar-refractivity contribution is 0.0953. The van der Waals surface area contributed by atoms with E-state index in [0.29, 0.717) is 35.1 Å². The first kappa shape index (κ1) is 23.2. The maximum Gasteiger partial charge on any atom is 0.232 e. The van der Waals surface area contributed by atoms with Crippen LogP contribution < -0.4 is 11.1 Å². The highest BCUT2D eigenvalue weighted by Crippen LogP contribution is 2.28. The topological polar surface area (TPSA) is 117 Å². The third-order valence-electron chi connectivity index (χ3n) is 5.57. The van der Waals surface area contributed by atoms with Crippen molar-refractivity contribution in [3.05, 3.63) is 65.7 Å². The second-order valence-corrected chi connectivity index (χ2v) is 9.21. The predicted molar refractivity (Wildman–Crippen MR) is 133 cm³/mol. The molecule has 3 heterocycles. The van der Waals surface area contributed by atoms with Crippen LogP contribution in [0.4, 0.5) is 22.0 Å². The Balaban J connectivity index is 1.36. The second kappa shape index (κ2) is 10.4. The maximum absolute atomic E-state index is 13.5. The van der Waals surface area contributed by atoms with E-state index in [2.05, 4.69) is 30.5 Å². The van der Waals surface area contributed by atoms with Crippen molar-refractivity contribution in [2.45, 2.75) is 43.3 Å². The summed E-state index contributed by atoms with van der Waals surface area (Å²) in [4.78, 5) is 13.0. The number of anilines is 3. The molecule has 1 atom stereocenters. The summed E-state index contributed by atoms with van der Waals surface area (Å²) in [5.41, 5.74) is 8.76. The van der Waals surface area contributed by atoms with Gasteiger partial charge in [-0.2, -0.15) is 15.0 Å². The van der Waals surface area contributed by atoms with Crippen molar-refractivity contribution in [2.75, 3.05) is 17.7 Å². The fraction of sp³-hybridized carbons (Fsp3) is 0.292. The molecule has 1 aliphatic heterocycles. The van der Waals surface area contributed by atoms with Crippen LogP contribution in [-0.4, -0.2) is 42.4 Å². The number of nitrogens with zero attached hydrogens (tertiary/aromatic N) is 6. The van der Waals surface area contributed by atoms with Gasteiger partial charge in [-0.1, -0.05) is 29.5 Å². The molecule has 4 aromatic rings. The minimum Gasteiger partial charge on any atom is -0.376 e. The molecule has 1 unspecified atom stereocenters. The normalized spacial score (nSPS) is 15.4. The zero-order valence-electron chi connectivity index (χ0n) is 19.2. The van der Waals surface area contributed by atoms with Gasteiger partial charge in [0.05, 0.1) is 18.4 Å². The molecule has 0 amide bonds. The molecule has 0 radical (unpaired) electrons. The van der Waals surface area contributed by atoms with E-state index in [1.165, 1.54) is 23.9 Å². The van der Waals surface area contributed by atoms with Gasteiger partial charge in [0.15, 0.2) is 11.0 Å². The number of hydrogen-bond donors (Lipinski definition) is 2. The summed E-state index contributed by atoms with van der Waals surface area (Å²) in [6.07, 6.45) is 2.09. The van der Waals surface area contributed by atoms with E-state index in [4.69, 9.17) is 10.5 Å². The number of nitrogen functional groups attached to an aromatic ring is 1. The highest BCUT2D eigenvalue weighted by atomic mass is 32.2. The van der Waals surface area contributed by atoms with E-state index >= 15 is 0 Å². The highest BCUT2D eigenvalue weighted by Gasteiger charge is 2.22. The van der Waals surface area contributed by atoms with Crippen molar-refractivity contribution in [3.63, 3.8) is 0 Å². The van der Waals surface area contributed by atoms with Crippen LogP contribution in [0.15, 0.2) is 53.7 Å². The number of ether oxygens (including phenoxy) is 1. The van der Waals surface area contributed by atoms with Crippen molar-refractivity contribution in [2.24, 2.45) is 0 Å². The molecule has 9 nitrogen and oxygen atoms in total. The summed E-state index contributed by atoms with van der Waals surface area (Å²) in [6.45, 7) is 3.39. The van der Waals surface area contributed by atoms with E-state index in [9.17, 15) is 4.39 Å². The van der Waals surface area contributed by atoms with Gasteiger partial charge in [-0.3, -0.25) is 4.57 Å². The summed E-state index contributed by atoms with van der Waals surface area (Å²) in [6, 6.07) is 14.2. The summed E-state index contributed by atoms with van der Waals surface area (Å²) in [7, 11) is 0. The smallest absolute Gasteiger partial charge is 0.232 e. The summed E-state index contributed by atoms with van der Waals surface area (Å²) in [5.74, 6) is 1.83. The standard InChI is InChI=1S/C24H25FN8OS/c1-15-4-10-18(11-5-15)27-23-29-20(28-22(26)30-23)14-35-24-32-31-21(16-6-8-17(25)9-7-16)33(24)13-19-3-2-12-34-19/h4-11,19H,2-3,12-14H2,1H3,(H3,26,27,28,29,30). The molecule has 1 saturated heterocycles. The molecule has 3 N–H and O–H groups in total. The quantitative estimate of drug-likeness (QED) is 0.346. The zero-order chi connectivity index (χ0) is 24.2. The molecule has 35 heavy (non-hydrogen) atoms. The zero-order valence-corrected chi connectivity index (χ0v) is 20.0. The predicted octanol–water partition coefficient (Wildman–Crippen LogP) is 4.37.